The number of halogens is 1. The summed E-state index contributed by atoms with van der Waals surface area (Å²) in [5, 5.41) is 12.1. The molecule has 1 saturated carbocycles. The Labute approximate surface area is 131 Å². The Balaban J connectivity index is 2.15. The normalized spacial score (nSPS) is 21.6. The smallest absolute Gasteiger partial charge is 0.308 e. The number of amides is 1. The van der Waals surface area contributed by atoms with Crippen molar-refractivity contribution in [1.29, 1.82) is 0 Å². The molecule has 1 aliphatic carbocycles. The van der Waals surface area contributed by atoms with Gasteiger partial charge in [-0.3, -0.25) is 9.59 Å². The predicted octanol–water partition coefficient (Wildman–Crippen LogP) is 2.83. The topological polar surface area (TPSA) is 75.6 Å². The van der Waals surface area contributed by atoms with Crippen molar-refractivity contribution in [3.8, 4) is 5.75 Å². The molecule has 0 aliphatic heterocycles. The fourth-order valence-electron chi connectivity index (χ4n) is 2.65. The van der Waals surface area contributed by atoms with Gasteiger partial charge in [-0.25, -0.2) is 0 Å². The first-order valence-electron chi connectivity index (χ1n) is 6.90. The maximum atomic E-state index is 12.4. The summed E-state index contributed by atoms with van der Waals surface area (Å²) in [6, 6.07) is 4.81. The lowest BCUT2D eigenvalue weighted by molar-refractivity contribution is -0.143. The molecule has 114 valence electrons. The van der Waals surface area contributed by atoms with E-state index in [1.807, 2.05) is 0 Å². The van der Waals surface area contributed by atoms with Crippen molar-refractivity contribution in [2.45, 2.75) is 31.7 Å². The van der Waals surface area contributed by atoms with Crippen molar-refractivity contribution < 1.29 is 19.4 Å². The lowest BCUT2D eigenvalue weighted by atomic mass is 9.84. The molecule has 1 amide bonds. The molecule has 0 spiro atoms. The summed E-state index contributed by atoms with van der Waals surface area (Å²) in [4.78, 5) is 23.7. The van der Waals surface area contributed by atoms with E-state index >= 15 is 0 Å². The Hall–Kier alpha value is -1.56. The summed E-state index contributed by atoms with van der Waals surface area (Å²) < 4.78 is 5.77. The largest absolute Gasteiger partial charge is 0.497 e. The average molecular weight is 356 g/mol. The van der Waals surface area contributed by atoms with Gasteiger partial charge in [0.1, 0.15) is 5.75 Å². The molecule has 2 rings (SSSR count). The highest BCUT2D eigenvalue weighted by Gasteiger charge is 2.32. The standard InChI is InChI=1S/C15H18BrNO4/c1-21-9-6-7-12(16)11(8-9)14(18)17-13-5-3-2-4-10(13)15(19)20/h6-8,10,13H,2-5H2,1H3,(H,17,18)(H,19,20). The van der Waals surface area contributed by atoms with Crippen LogP contribution in [0.25, 0.3) is 0 Å². The minimum Gasteiger partial charge on any atom is -0.497 e. The summed E-state index contributed by atoms with van der Waals surface area (Å²) in [5.74, 6) is -1.04. The van der Waals surface area contributed by atoms with Gasteiger partial charge < -0.3 is 15.2 Å². The van der Waals surface area contributed by atoms with Crippen LogP contribution in [0, 0.1) is 5.92 Å². The number of aliphatic carboxylic acids is 1. The zero-order chi connectivity index (χ0) is 15.4. The van der Waals surface area contributed by atoms with E-state index in [0.29, 0.717) is 28.6 Å². The van der Waals surface area contributed by atoms with Crippen LogP contribution in [0.5, 0.6) is 5.75 Å². The molecular weight excluding hydrogens is 338 g/mol. The quantitative estimate of drug-likeness (QED) is 0.870. The van der Waals surface area contributed by atoms with Gasteiger partial charge in [0.05, 0.1) is 18.6 Å². The minimum atomic E-state index is -0.843. The number of ether oxygens (including phenoxy) is 1. The zero-order valence-corrected chi connectivity index (χ0v) is 13.4. The van der Waals surface area contributed by atoms with Crippen LogP contribution in [0.3, 0.4) is 0 Å². The van der Waals surface area contributed by atoms with Gasteiger partial charge in [0.25, 0.3) is 5.91 Å². The molecule has 0 saturated heterocycles. The molecule has 1 fully saturated rings. The van der Waals surface area contributed by atoms with Crippen LogP contribution in [0.15, 0.2) is 22.7 Å². The molecule has 2 N–H and O–H groups in total. The second-order valence-electron chi connectivity index (χ2n) is 5.15. The maximum Gasteiger partial charge on any atom is 0.308 e. The van der Waals surface area contributed by atoms with Crippen LogP contribution in [0.1, 0.15) is 36.0 Å². The third-order valence-electron chi connectivity index (χ3n) is 3.82. The van der Waals surface area contributed by atoms with E-state index in [-0.39, 0.29) is 11.9 Å². The highest BCUT2D eigenvalue weighted by atomic mass is 79.9. The van der Waals surface area contributed by atoms with Gasteiger partial charge in [0, 0.05) is 10.5 Å². The number of carbonyl (C=O) groups excluding carboxylic acids is 1. The second-order valence-corrected chi connectivity index (χ2v) is 6.01. The van der Waals surface area contributed by atoms with Crippen molar-refractivity contribution in [2.24, 2.45) is 5.92 Å². The van der Waals surface area contributed by atoms with E-state index in [4.69, 9.17) is 4.74 Å². The van der Waals surface area contributed by atoms with Crippen molar-refractivity contribution in [1.82, 2.24) is 5.32 Å². The zero-order valence-electron chi connectivity index (χ0n) is 11.8. The molecule has 2 unspecified atom stereocenters. The highest BCUT2D eigenvalue weighted by molar-refractivity contribution is 9.10. The number of hydrogen-bond acceptors (Lipinski definition) is 3. The van der Waals surface area contributed by atoms with Crippen LogP contribution in [0.2, 0.25) is 0 Å². The van der Waals surface area contributed by atoms with Crippen LogP contribution in [0.4, 0.5) is 0 Å². The average Bonchev–Trinajstić information content (AvgIpc) is 2.48. The monoisotopic (exact) mass is 355 g/mol. The van der Waals surface area contributed by atoms with E-state index in [9.17, 15) is 14.7 Å². The first-order valence-corrected chi connectivity index (χ1v) is 7.69. The van der Waals surface area contributed by atoms with E-state index in [2.05, 4.69) is 21.2 Å². The number of methoxy groups -OCH3 is 1. The number of carboxylic acid groups (broad SMARTS) is 1. The number of carbonyl (C=O) groups is 2. The Morgan fingerprint density at radius 2 is 2.05 bits per heavy atom. The number of carboxylic acids is 1. The van der Waals surface area contributed by atoms with Crippen LogP contribution < -0.4 is 10.1 Å². The molecular formula is C15H18BrNO4. The molecule has 1 aromatic rings. The third-order valence-corrected chi connectivity index (χ3v) is 4.51. The molecule has 0 bridgehead atoms. The maximum absolute atomic E-state index is 12.4. The number of hydrogen-bond donors (Lipinski definition) is 2. The van der Waals surface area contributed by atoms with Gasteiger partial charge in [0.2, 0.25) is 0 Å². The van der Waals surface area contributed by atoms with Crippen molar-refractivity contribution in [3.05, 3.63) is 28.2 Å². The summed E-state index contributed by atoms with van der Waals surface area (Å²) in [6.45, 7) is 0. The van der Waals surface area contributed by atoms with Crippen LogP contribution in [-0.2, 0) is 4.79 Å². The Kier molecular flexibility index (Phi) is 5.22. The van der Waals surface area contributed by atoms with Crippen LogP contribution >= 0.6 is 15.9 Å². The molecule has 6 heteroatoms. The molecule has 21 heavy (non-hydrogen) atoms. The number of rotatable bonds is 4. The number of benzene rings is 1. The van der Waals surface area contributed by atoms with E-state index < -0.39 is 11.9 Å². The Morgan fingerprint density at radius 3 is 2.71 bits per heavy atom. The highest BCUT2D eigenvalue weighted by Crippen LogP contribution is 2.27. The van der Waals surface area contributed by atoms with Crippen molar-refractivity contribution >= 4 is 27.8 Å². The summed E-state index contributed by atoms with van der Waals surface area (Å²) >= 11 is 3.34. The molecule has 5 nitrogen and oxygen atoms in total. The van der Waals surface area contributed by atoms with Gasteiger partial charge >= 0.3 is 5.97 Å². The van der Waals surface area contributed by atoms with E-state index in [0.717, 1.165) is 12.8 Å². The number of nitrogens with one attached hydrogen (secondary N) is 1. The minimum absolute atomic E-state index is 0.279. The Morgan fingerprint density at radius 1 is 1.33 bits per heavy atom. The predicted molar refractivity (Wildman–Crippen MR) is 81.5 cm³/mol. The van der Waals surface area contributed by atoms with Gasteiger partial charge in [-0.05, 0) is 47.0 Å². The lowest BCUT2D eigenvalue weighted by Crippen LogP contribution is -2.45. The first kappa shape index (κ1) is 15.8. The van der Waals surface area contributed by atoms with E-state index in [1.165, 1.54) is 7.11 Å². The van der Waals surface area contributed by atoms with Gasteiger partial charge in [-0.2, -0.15) is 0 Å². The summed E-state index contributed by atoms with van der Waals surface area (Å²) in [6.07, 6.45) is 3.14. The molecule has 1 aliphatic rings. The fourth-order valence-corrected chi connectivity index (χ4v) is 3.08. The molecule has 0 aromatic heterocycles. The van der Waals surface area contributed by atoms with Gasteiger partial charge in [-0.15, -0.1) is 0 Å². The molecule has 0 radical (unpaired) electrons. The summed E-state index contributed by atoms with van der Waals surface area (Å²) in [7, 11) is 1.53. The first-order chi connectivity index (χ1) is 10.0. The Bertz CT molecular complexity index is 546. The van der Waals surface area contributed by atoms with Gasteiger partial charge in [-0.1, -0.05) is 12.8 Å². The fraction of sp³-hybridized carbons (Fsp3) is 0.467. The molecule has 2 atom stereocenters. The van der Waals surface area contributed by atoms with Crippen molar-refractivity contribution in [2.75, 3.05) is 7.11 Å². The molecule has 1 aromatic carbocycles. The second kappa shape index (κ2) is 6.93. The molecule has 0 heterocycles. The lowest BCUT2D eigenvalue weighted by Gasteiger charge is -2.29. The SMILES string of the molecule is COc1ccc(Br)c(C(=O)NC2CCCCC2C(=O)O)c1. The summed E-state index contributed by atoms with van der Waals surface area (Å²) in [5.41, 5.74) is 0.448. The van der Waals surface area contributed by atoms with Crippen molar-refractivity contribution in [3.63, 3.8) is 0 Å². The van der Waals surface area contributed by atoms with Crippen LogP contribution in [-0.4, -0.2) is 30.1 Å². The third kappa shape index (κ3) is 3.75. The van der Waals surface area contributed by atoms with Gasteiger partial charge in [0.15, 0.2) is 0 Å². The van der Waals surface area contributed by atoms with E-state index in [1.54, 1.807) is 18.2 Å².